The van der Waals surface area contributed by atoms with Crippen LogP contribution in [0, 0.1) is 11.8 Å². The fraction of sp³-hybridized carbons (Fsp3) is 0.333. The molecule has 33 heavy (non-hydrogen) atoms. The third-order valence-electron chi connectivity index (χ3n) is 8.62. The van der Waals surface area contributed by atoms with Crippen LogP contribution in [0.2, 0.25) is 0 Å². The highest BCUT2D eigenvalue weighted by molar-refractivity contribution is 5.81. The summed E-state index contributed by atoms with van der Waals surface area (Å²) < 4.78 is 0. The minimum atomic E-state index is 0.129. The standard InChI is InChI=1S/C30H29N3/c1-3-9-25(10-4-1)33(26-11-5-2-6-12-26)30-17-22-14-23(18-30)16-29(15-22,21-30)27-20-31-19-24-8-7-13-32-28(24)27/h1-13,19-20,22-23H,14-18,21H2. The van der Waals surface area contributed by atoms with Crippen LogP contribution in [-0.4, -0.2) is 15.5 Å². The Kier molecular flexibility index (Phi) is 4.18. The van der Waals surface area contributed by atoms with E-state index in [1.807, 2.05) is 18.5 Å². The summed E-state index contributed by atoms with van der Waals surface area (Å²) in [6.07, 6.45) is 13.7. The summed E-state index contributed by atoms with van der Waals surface area (Å²) in [7, 11) is 0. The van der Waals surface area contributed by atoms with Crippen LogP contribution in [-0.2, 0) is 5.41 Å². The van der Waals surface area contributed by atoms with Crippen LogP contribution in [0.4, 0.5) is 11.4 Å². The van der Waals surface area contributed by atoms with Gasteiger partial charge in [-0.25, -0.2) is 0 Å². The molecule has 0 saturated heterocycles. The van der Waals surface area contributed by atoms with E-state index in [4.69, 9.17) is 9.97 Å². The van der Waals surface area contributed by atoms with Crippen LogP contribution >= 0.6 is 0 Å². The number of pyridine rings is 2. The number of anilines is 2. The molecule has 8 rings (SSSR count). The zero-order chi connectivity index (χ0) is 21.9. The third-order valence-corrected chi connectivity index (χ3v) is 8.62. The monoisotopic (exact) mass is 431 g/mol. The molecular formula is C30H29N3. The Bertz CT molecular complexity index is 1240. The first kappa shape index (κ1) is 19.3. The van der Waals surface area contributed by atoms with Gasteiger partial charge in [0, 0.05) is 51.9 Å². The lowest BCUT2D eigenvalue weighted by atomic mass is 9.45. The molecule has 4 aromatic rings. The van der Waals surface area contributed by atoms with Gasteiger partial charge in [0.25, 0.3) is 0 Å². The quantitative estimate of drug-likeness (QED) is 0.346. The Morgan fingerprint density at radius 2 is 1.39 bits per heavy atom. The van der Waals surface area contributed by atoms with Crippen LogP contribution in [0.3, 0.4) is 0 Å². The Morgan fingerprint density at radius 1 is 0.727 bits per heavy atom. The first-order valence-electron chi connectivity index (χ1n) is 12.3. The van der Waals surface area contributed by atoms with Gasteiger partial charge in [-0.05, 0) is 86.8 Å². The van der Waals surface area contributed by atoms with E-state index in [9.17, 15) is 0 Å². The fourth-order valence-corrected chi connectivity index (χ4v) is 8.03. The number of para-hydroxylation sites is 2. The maximum absolute atomic E-state index is 4.87. The molecule has 0 N–H and O–H groups in total. The number of hydrogen-bond donors (Lipinski definition) is 0. The lowest BCUT2D eigenvalue weighted by Crippen LogP contribution is -2.63. The molecule has 0 radical (unpaired) electrons. The van der Waals surface area contributed by atoms with Crippen molar-refractivity contribution in [1.82, 2.24) is 9.97 Å². The molecule has 0 spiro atoms. The lowest BCUT2D eigenvalue weighted by molar-refractivity contribution is -0.0220. The Balaban J connectivity index is 1.41. The van der Waals surface area contributed by atoms with Gasteiger partial charge in [-0.15, -0.1) is 0 Å². The van der Waals surface area contributed by atoms with Crippen LogP contribution in [0.1, 0.15) is 44.1 Å². The molecule has 3 nitrogen and oxygen atoms in total. The molecule has 4 aliphatic carbocycles. The van der Waals surface area contributed by atoms with E-state index in [0.29, 0.717) is 0 Å². The topological polar surface area (TPSA) is 29.0 Å². The van der Waals surface area contributed by atoms with Crippen molar-refractivity contribution in [1.29, 1.82) is 0 Å². The maximum atomic E-state index is 4.87. The number of benzene rings is 2. The molecule has 164 valence electrons. The predicted octanol–water partition coefficient (Wildman–Crippen LogP) is 7.06. The van der Waals surface area contributed by atoms with E-state index >= 15 is 0 Å². The van der Waals surface area contributed by atoms with Gasteiger partial charge in [0.1, 0.15) is 0 Å². The second kappa shape index (κ2) is 7.15. The van der Waals surface area contributed by atoms with Gasteiger partial charge in [-0.2, -0.15) is 0 Å². The predicted molar refractivity (Wildman–Crippen MR) is 134 cm³/mol. The highest BCUT2D eigenvalue weighted by Gasteiger charge is 2.61. The molecule has 4 bridgehead atoms. The van der Waals surface area contributed by atoms with Crippen LogP contribution < -0.4 is 4.90 Å². The van der Waals surface area contributed by atoms with Gasteiger partial charge in [0.2, 0.25) is 0 Å². The second-order valence-electron chi connectivity index (χ2n) is 10.7. The Morgan fingerprint density at radius 3 is 2.06 bits per heavy atom. The van der Waals surface area contributed by atoms with Crippen molar-refractivity contribution < 1.29 is 0 Å². The van der Waals surface area contributed by atoms with Gasteiger partial charge in [0.15, 0.2) is 0 Å². The van der Waals surface area contributed by atoms with Crippen molar-refractivity contribution in [2.45, 2.75) is 49.5 Å². The summed E-state index contributed by atoms with van der Waals surface area (Å²) in [6.45, 7) is 0. The number of hydrogen-bond acceptors (Lipinski definition) is 3. The van der Waals surface area contributed by atoms with E-state index in [1.165, 1.54) is 60.8 Å². The molecule has 2 aromatic heterocycles. The van der Waals surface area contributed by atoms with Crippen LogP contribution in [0.15, 0.2) is 91.4 Å². The van der Waals surface area contributed by atoms with Crippen molar-refractivity contribution in [2.24, 2.45) is 11.8 Å². The first-order valence-corrected chi connectivity index (χ1v) is 12.3. The summed E-state index contributed by atoms with van der Waals surface area (Å²) in [4.78, 5) is 12.3. The van der Waals surface area contributed by atoms with E-state index in [2.05, 4.69) is 77.8 Å². The minimum absolute atomic E-state index is 0.129. The zero-order valence-electron chi connectivity index (χ0n) is 18.9. The molecular weight excluding hydrogens is 402 g/mol. The van der Waals surface area contributed by atoms with Gasteiger partial charge in [-0.3, -0.25) is 9.97 Å². The van der Waals surface area contributed by atoms with Gasteiger partial charge in [-0.1, -0.05) is 36.4 Å². The number of nitrogens with zero attached hydrogens (tertiary/aromatic N) is 3. The average molecular weight is 432 g/mol. The highest BCUT2D eigenvalue weighted by Crippen LogP contribution is 2.65. The minimum Gasteiger partial charge on any atom is -0.335 e. The fourth-order valence-electron chi connectivity index (χ4n) is 8.03. The number of rotatable bonds is 4. The molecule has 2 atom stereocenters. The molecule has 3 heteroatoms. The maximum Gasteiger partial charge on any atom is 0.0770 e. The summed E-state index contributed by atoms with van der Waals surface area (Å²) in [5, 5.41) is 1.17. The van der Waals surface area contributed by atoms with E-state index < -0.39 is 0 Å². The molecule has 4 fully saturated rings. The molecule has 2 aromatic carbocycles. The molecule has 2 unspecified atom stereocenters. The Labute approximate surface area is 195 Å². The van der Waals surface area contributed by atoms with E-state index in [1.54, 1.807) is 0 Å². The van der Waals surface area contributed by atoms with Crippen LogP contribution in [0.25, 0.3) is 10.9 Å². The molecule has 2 heterocycles. The lowest BCUT2D eigenvalue weighted by Gasteiger charge is -2.65. The molecule has 0 aliphatic heterocycles. The largest absolute Gasteiger partial charge is 0.335 e. The number of fused-ring (bicyclic) bond motifs is 1. The van der Waals surface area contributed by atoms with Crippen molar-refractivity contribution in [2.75, 3.05) is 4.90 Å². The average Bonchev–Trinajstić information content (AvgIpc) is 2.84. The van der Waals surface area contributed by atoms with Gasteiger partial charge < -0.3 is 4.90 Å². The SMILES string of the molecule is c1ccc(N(c2ccccc2)C23CC4CC(CC(c5cncc6cccnc56)(C4)C2)C3)cc1. The smallest absolute Gasteiger partial charge is 0.0770 e. The van der Waals surface area contributed by atoms with Gasteiger partial charge in [0.05, 0.1) is 5.52 Å². The van der Waals surface area contributed by atoms with Gasteiger partial charge >= 0.3 is 0 Å². The summed E-state index contributed by atoms with van der Waals surface area (Å²) in [5.41, 5.74) is 5.47. The van der Waals surface area contributed by atoms with Crippen LogP contribution in [0.5, 0.6) is 0 Å². The van der Waals surface area contributed by atoms with Crippen molar-refractivity contribution in [3.05, 3.63) is 97.0 Å². The summed E-state index contributed by atoms with van der Waals surface area (Å²) in [6, 6.07) is 26.3. The Hall–Kier alpha value is -3.20. The molecule has 4 saturated carbocycles. The van der Waals surface area contributed by atoms with Crippen molar-refractivity contribution in [3.8, 4) is 0 Å². The van der Waals surface area contributed by atoms with Crippen molar-refractivity contribution in [3.63, 3.8) is 0 Å². The normalized spacial score (nSPS) is 29.9. The number of aromatic nitrogens is 2. The molecule has 0 amide bonds. The summed E-state index contributed by atoms with van der Waals surface area (Å²) >= 11 is 0. The second-order valence-corrected chi connectivity index (χ2v) is 10.7. The first-order chi connectivity index (χ1) is 16.2. The van der Waals surface area contributed by atoms with E-state index in [0.717, 1.165) is 17.4 Å². The van der Waals surface area contributed by atoms with E-state index in [-0.39, 0.29) is 11.0 Å². The molecule has 4 aliphatic rings. The zero-order valence-corrected chi connectivity index (χ0v) is 18.9. The summed E-state index contributed by atoms with van der Waals surface area (Å²) in [5.74, 6) is 1.53. The highest BCUT2D eigenvalue weighted by atomic mass is 15.2. The third kappa shape index (κ3) is 2.95. The van der Waals surface area contributed by atoms with Crippen molar-refractivity contribution >= 4 is 22.3 Å².